The van der Waals surface area contributed by atoms with E-state index in [1.54, 1.807) is 12.3 Å². The third-order valence-corrected chi connectivity index (χ3v) is 3.14. The minimum Gasteiger partial charge on any atom is -0.477 e. The fourth-order valence-corrected chi connectivity index (χ4v) is 2.18. The molecule has 2 heterocycles. The summed E-state index contributed by atoms with van der Waals surface area (Å²) in [5, 5.41) is 15.5. The molecule has 20 heavy (non-hydrogen) atoms. The minimum atomic E-state index is -1.16. The number of aryl methyl sites for hydroxylation is 1. The van der Waals surface area contributed by atoms with Gasteiger partial charge in [0.05, 0.1) is 12.2 Å². The molecule has 5 N–H and O–H groups in total. The molecular weight excluding hydrogens is 284 g/mol. The first-order valence-corrected chi connectivity index (χ1v) is 6.48. The SMILES string of the molecule is Cc1cc(NC(=O)NCc2csc(=O)[nH]2)c(C(=O)O)[nH]1. The van der Waals surface area contributed by atoms with Gasteiger partial charge in [-0.15, -0.1) is 0 Å². The predicted molar refractivity (Wildman–Crippen MR) is 73.3 cm³/mol. The normalized spacial score (nSPS) is 10.2. The number of aromatic nitrogens is 2. The van der Waals surface area contributed by atoms with Crippen LogP contribution in [-0.4, -0.2) is 27.1 Å². The fourth-order valence-electron chi connectivity index (χ4n) is 1.60. The van der Waals surface area contributed by atoms with E-state index in [2.05, 4.69) is 20.6 Å². The van der Waals surface area contributed by atoms with E-state index in [0.29, 0.717) is 11.4 Å². The van der Waals surface area contributed by atoms with Crippen LogP contribution in [0.5, 0.6) is 0 Å². The number of hydrogen-bond donors (Lipinski definition) is 5. The Morgan fingerprint density at radius 1 is 1.40 bits per heavy atom. The Balaban J connectivity index is 1.98. The van der Waals surface area contributed by atoms with Crippen molar-refractivity contribution in [2.45, 2.75) is 13.5 Å². The largest absolute Gasteiger partial charge is 0.477 e. The van der Waals surface area contributed by atoms with E-state index in [0.717, 1.165) is 11.3 Å². The van der Waals surface area contributed by atoms with Gasteiger partial charge in [0.1, 0.15) is 5.69 Å². The van der Waals surface area contributed by atoms with E-state index < -0.39 is 12.0 Å². The van der Waals surface area contributed by atoms with E-state index in [1.165, 1.54) is 6.07 Å². The van der Waals surface area contributed by atoms with Gasteiger partial charge in [0.15, 0.2) is 0 Å². The molecule has 2 rings (SSSR count). The molecule has 8 nitrogen and oxygen atoms in total. The summed E-state index contributed by atoms with van der Waals surface area (Å²) in [4.78, 5) is 38.5. The molecule has 106 valence electrons. The summed E-state index contributed by atoms with van der Waals surface area (Å²) in [5.41, 5.74) is 1.31. The molecule has 0 saturated carbocycles. The Morgan fingerprint density at radius 2 is 2.15 bits per heavy atom. The quantitative estimate of drug-likeness (QED) is 0.578. The lowest BCUT2D eigenvalue weighted by molar-refractivity contribution is 0.0692. The highest BCUT2D eigenvalue weighted by Gasteiger charge is 2.15. The first-order chi connectivity index (χ1) is 9.45. The van der Waals surface area contributed by atoms with Crippen molar-refractivity contribution >= 4 is 29.0 Å². The highest BCUT2D eigenvalue weighted by molar-refractivity contribution is 7.07. The van der Waals surface area contributed by atoms with E-state index >= 15 is 0 Å². The molecule has 0 radical (unpaired) electrons. The van der Waals surface area contributed by atoms with Crippen LogP contribution in [-0.2, 0) is 6.54 Å². The van der Waals surface area contributed by atoms with Crippen LogP contribution in [0.2, 0.25) is 0 Å². The van der Waals surface area contributed by atoms with Crippen LogP contribution in [0.15, 0.2) is 16.2 Å². The Bertz CT molecular complexity index is 699. The number of rotatable bonds is 4. The highest BCUT2D eigenvalue weighted by Crippen LogP contribution is 2.16. The number of carboxylic acids is 1. The number of H-pyrrole nitrogens is 2. The molecule has 0 atom stereocenters. The molecular formula is C11H12N4O4S. The molecule has 0 spiro atoms. The molecule has 0 fully saturated rings. The molecule has 9 heteroatoms. The number of anilines is 1. The summed E-state index contributed by atoms with van der Waals surface area (Å²) in [5.74, 6) is -1.16. The fraction of sp³-hybridized carbons (Fsp3) is 0.182. The summed E-state index contributed by atoms with van der Waals surface area (Å²) < 4.78 is 0. The van der Waals surface area contributed by atoms with Crippen molar-refractivity contribution in [3.05, 3.63) is 38.2 Å². The molecule has 0 bridgehead atoms. The van der Waals surface area contributed by atoms with Crippen molar-refractivity contribution in [2.24, 2.45) is 0 Å². The molecule has 2 aromatic rings. The lowest BCUT2D eigenvalue weighted by Crippen LogP contribution is -2.29. The van der Waals surface area contributed by atoms with Crippen LogP contribution in [0.3, 0.4) is 0 Å². The van der Waals surface area contributed by atoms with Gasteiger partial charge in [-0.25, -0.2) is 9.59 Å². The topological polar surface area (TPSA) is 127 Å². The van der Waals surface area contributed by atoms with Gasteiger partial charge in [-0.2, -0.15) is 0 Å². The number of urea groups is 1. The number of thiazole rings is 1. The van der Waals surface area contributed by atoms with Crippen molar-refractivity contribution in [2.75, 3.05) is 5.32 Å². The maximum absolute atomic E-state index is 11.7. The average Bonchev–Trinajstić information content (AvgIpc) is 2.93. The van der Waals surface area contributed by atoms with Crippen molar-refractivity contribution in [1.82, 2.24) is 15.3 Å². The second-order valence-electron chi connectivity index (χ2n) is 4.03. The number of carbonyl (C=O) groups excluding carboxylic acids is 1. The molecule has 0 aliphatic rings. The number of amides is 2. The van der Waals surface area contributed by atoms with Crippen LogP contribution in [0.1, 0.15) is 21.9 Å². The van der Waals surface area contributed by atoms with Gasteiger partial charge in [-0.3, -0.25) is 4.79 Å². The standard InChI is InChI=1S/C11H12N4O4S/c1-5-2-7(8(13-5)9(16)17)15-10(18)12-3-6-4-20-11(19)14-6/h2,4,13H,3H2,1H3,(H,14,19)(H,16,17)(H2,12,15,18). The van der Waals surface area contributed by atoms with Gasteiger partial charge in [0.2, 0.25) is 0 Å². The Labute approximate surface area is 116 Å². The van der Waals surface area contributed by atoms with Crippen LogP contribution < -0.4 is 15.5 Å². The minimum absolute atomic E-state index is 0.0819. The summed E-state index contributed by atoms with van der Waals surface area (Å²) in [6.07, 6.45) is 0. The number of carbonyl (C=O) groups is 2. The predicted octanol–water partition coefficient (Wildman–Crippen LogP) is 1.09. The van der Waals surface area contributed by atoms with Crippen molar-refractivity contribution in [3.8, 4) is 0 Å². The maximum Gasteiger partial charge on any atom is 0.354 e. The molecule has 0 unspecified atom stereocenters. The third kappa shape index (κ3) is 3.26. The van der Waals surface area contributed by atoms with Crippen molar-refractivity contribution in [1.29, 1.82) is 0 Å². The molecule has 0 saturated heterocycles. The Hall–Kier alpha value is -2.55. The van der Waals surface area contributed by atoms with Gasteiger partial charge in [0.25, 0.3) is 0 Å². The summed E-state index contributed by atoms with van der Waals surface area (Å²) >= 11 is 1.00. The molecule has 2 amide bonds. The van der Waals surface area contributed by atoms with Gasteiger partial charge in [-0.05, 0) is 13.0 Å². The maximum atomic E-state index is 11.7. The summed E-state index contributed by atoms with van der Waals surface area (Å²) in [7, 11) is 0. The average molecular weight is 296 g/mol. The van der Waals surface area contributed by atoms with E-state index in [1.807, 2.05) is 0 Å². The van der Waals surface area contributed by atoms with E-state index in [-0.39, 0.29) is 22.8 Å². The van der Waals surface area contributed by atoms with Crippen molar-refractivity contribution < 1.29 is 14.7 Å². The van der Waals surface area contributed by atoms with Gasteiger partial charge < -0.3 is 25.7 Å². The van der Waals surface area contributed by atoms with Crippen LogP contribution in [0, 0.1) is 6.92 Å². The van der Waals surface area contributed by atoms with Gasteiger partial charge >= 0.3 is 16.9 Å². The number of hydrogen-bond acceptors (Lipinski definition) is 4. The van der Waals surface area contributed by atoms with Crippen molar-refractivity contribution in [3.63, 3.8) is 0 Å². The number of carboxylic acid groups (broad SMARTS) is 1. The second-order valence-corrected chi connectivity index (χ2v) is 4.87. The van der Waals surface area contributed by atoms with Gasteiger partial charge in [0, 0.05) is 16.8 Å². The molecule has 2 aromatic heterocycles. The number of aromatic amines is 2. The first kappa shape index (κ1) is 13.9. The first-order valence-electron chi connectivity index (χ1n) is 5.60. The Kier molecular flexibility index (Phi) is 3.89. The zero-order chi connectivity index (χ0) is 14.7. The highest BCUT2D eigenvalue weighted by atomic mass is 32.1. The Morgan fingerprint density at radius 3 is 2.75 bits per heavy atom. The zero-order valence-corrected chi connectivity index (χ0v) is 11.3. The van der Waals surface area contributed by atoms with E-state index in [9.17, 15) is 14.4 Å². The summed E-state index contributed by atoms with van der Waals surface area (Å²) in [6.45, 7) is 1.84. The smallest absolute Gasteiger partial charge is 0.354 e. The second kappa shape index (κ2) is 5.61. The molecule has 0 aliphatic carbocycles. The molecule has 0 aromatic carbocycles. The molecule has 0 aliphatic heterocycles. The third-order valence-electron chi connectivity index (χ3n) is 2.42. The van der Waals surface area contributed by atoms with Crippen LogP contribution in [0.4, 0.5) is 10.5 Å². The number of aromatic carboxylic acids is 1. The summed E-state index contributed by atoms with van der Waals surface area (Å²) in [6, 6.07) is 0.966. The van der Waals surface area contributed by atoms with Gasteiger partial charge in [-0.1, -0.05) is 11.3 Å². The lowest BCUT2D eigenvalue weighted by Gasteiger charge is -2.05. The van der Waals surface area contributed by atoms with Crippen LogP contribution in [0.25, 0.3) is 0 Å². The number of nitrogens with one attached hydrogen (secondary N) is 4. The zero-order valence-electron chi connectivity index (χ0n) is 10.4. The lowest BCUT2D eigenvalue weighted by atomic mass is 10.3. The monoisotopic (exact) mass is 296 g/mol. The van der Waals surface area contributed by atoms with Crippen LogP contribution >= 0.6 is 11.3 Å². The van der Waals surface area contributed by atoms with E-state index in [4.69, 9.17) is 5.11 Å².